The van der Waals surface area contributed by atoms with Gasteiger partial charge in [0, 0.05) is 18.2 Å². The van der Waals surface area contributed by atoms with E-state index in [-0.39, 0.29) is 5.12 Å². The lowest BCUT2D eigenvalue weighted by Gasteiger charge is -2.20. The molecule has 0 aliphatic heterocycles. The molecule has 1 aromatic rings. The Morgan fingerprint density at radius 3 is 2.55 bits per heavy atom. The van der Waals surface area contributed by atoms with Crippen molar-refractivity contribution in [2.24, 2.45) is 0 Å². The molecule has 0 aromatic heterocycles. The van der Waals surface area contributed by atoms with Crippen LogP contribution < -0.4 is 9.47 Å². The van der Waals surface area contributed by atoms with E-state index in [1.54, 1.807) is 18.2 Å². The molecule has 2 atom stereocenters. The highest BCUT2D eigenvalue weighted by Gasteiger charge is 2.22. The predicted octanol–water partition coefficient (Wildman–Crippen LogP) is 1.77. The van der Waals surface area contributed by atoms with Crippen molar-refractivity contribution in [3.63, 3.8) is 0 Å². The minimum Gasteiger partial charge on any atom is -0.497 e. The summed E-state index contributed by atoms with van der Waals surface area (Å²) in [7, 11) is 3.02. The number of ether oxygens (including phenoxy) is 2. The van der Waals surface area contributed by atoms with Crippen LogP contribution in [0.3, 0.4) is 0 Å². The molecule has 112 valence electrons. The van der Waals surface area contributed by atoms with Crippen LogP contribution in [0.15, 0.2) is 18.2 Å². The Hall–Kier alpha value is -1.24. The molecular formula is C14H20O5S. The first-order chi connectivity index (χ1) is 9.49. The second-order valence-corrected chi connectivity index (χ2v) is 5.52. The highest BCUT2D eigenvalue weighted by atomic mass is 32.2. The predicted molar refractivity (Wildman–Crippen MR) is 78.3 cm³/mol. The van der Waals surface area contributed by atoms with Gasteiger partial charge in [0.25, 0.3) is 0 Å². The first kappa shape index (κ1) is 16.8. The van der Waals surface area contributed by atoms with Crippen molar-refractivity contribution in [1.82, 2.24) is 0 Å². The number of aliphatic hydroxyl groups excluding tert-OH is 2. The van der Waals surface area contributed by atoms with E-state index >= 15 is 0 Å². The fourth-order valence-electron chi connectivity index (χ4n) is 1.76. The molecule has 0 bridgehead atoms. The maximum atomic E-state index is 10.8. The number of rotatable bonds is 7. The maximum absolute atomic E-state index is 10.8. The molecule has 0 radical (unpaired) electrons. The highest BCUT2D eigenvalue weighted by molar-refractivity contribution is 8.13. The van der Waals surface area contributed by atoms with E-state index in [1.165, 1.54) is 21.1 Å². The zero-order valence-corrected chi connectivity index (χ0v) is 12.6. The van der Waals surface area contributed by atoms with E-state index in [9.17, 15) is 15.0 Å². The van der Waals surface area contributed by atoms with Gasteiger partial charge in [0.05, 0.1) is 20.3 Å². The Morgan fingerprint density at radius 2 is 2.00 bits per heavy atom. The van der Waals surface area contributed by atoms with Crippen molar-refractivity contribution in [2.45, 2.75) is 25.6 Å². The largest absolute Gasteiger partial charge is 0.497 e. The fourth-order valence-corrected chi connectivity index (χ4v) is 2.41. The minimum absolute atomic E-state index is 0.00866. The molecule has 6 heteroatoms. The van der Waals surface area contributed by atoms with Crippen molar-refractivity contribution >= 4 is 16.9 Å². The van der Waals surface area contributed by atoms with Gasteiger partial charge in [-0.1, -0.05) is 11.8 Å². The maximum Gasteiger partial charge on any atom is 0.185 e. The first-order valence-corrected chi connectivity index (χ1v) is 7.19. The number of benzene rings is 1. The molecule has 1 aromatic carbocycles. The third kappa shape index (κ3) is 4.70. The number of hydrogen-bond acceptors (Lipinski definition) is 6. The normalized spacial score (nSPS) is 13.7. The minimum atomic E-state index is -1.09. The van der Waals surface area contributed by atoms with Gasteiger partial charge in [0.15, 0.2) is 5.12 Å². The summed E-state index contributed by atoms with van der Waals surface area (Å²) in [6.45, 7) is 1.47. The molecule has 0 spiro atoms. The van der Waals surface area contributed by atoms with E-state index in [4.69, 9.17) is 9.47 Å². The van der Waals surface area contributed by atoms with Crippen molar-refractivity contribution in [3.8, 4) is 11.5 Å². The Labute approximate surface area is 122 Å². The average molecular weight is 300 g/mol. The number of methoxy groups -OCH3 is 2. The quantitative estimate of drug-likeness (QED) is 0.799. The third-order valence-corrected chi connectivity index (χ3v) is 3.69. The zero-order valence-electron chi connectivity index (χ0n) is 11.8. The standard InChI is InChI=1S/C14H20O5S/c1-9(15)20-7-6-12(16)14(17)11-8-10(18-2)4-5-13(11)19-3/h4-5,8,12,14,16-17H,6-7H2,1-3H3. The van der Waals surface area contributed by atoms with E-state index in [2.05, 4.69) is 0 Å². The van der Waals surface area contributed by atoms with E-state index < -0.39 is 12.2 Å². The molecule has 20 heavy (non-hydrogen) atoms. The lowest BCUT2D eigenvalue weighted by Crippen LogP contribution is -2.20. The fraction of sp³-hybridized carbons (Fsp3) is 0.500. The smallest absolute Gasteiger partial charge is 0.185 e. The first-order valence-electron chi connectivity index (χ1n) is 6.21. The lowest BCUT2D eigenvalue weighted by molar-refractivity contribution is -0.109. The van der Waals surface area contributed by atoms with Crippen LogP contribution in [0.4, 0.5) is 0 Å². The van der Waals surface area contributed by atoms with Crippen molar-refractivity contribution in [1.29, 1.82) is 0 Å². The van der Waals surface area contributed by atoms with Crippen LogP contribution in [0.25, 0.3) is 0 Å². The second kappa shape index (κ2) is 8.14. The number of aliphatic hydroxyl groups is 2. The van der Waals surface area contributed by atoms with E-state index in [1.807, 2.05) is 0 Å². The Kier molecular flexibility index (Phi) is 6.84. The van der Waals surface area contributed by atoms with Gasteiger partial charge in [-0.05, 0) is 24.6 Å². The summed E-state index contributed by atoms with van der Waals surface area (Å²) in [6, 6.07) is 5.02. The molecule has 0 aliphatic carbocycles. The van der Waals surface area contributed by atoms with Crippen molar-refractivity contribution in [3.05, 3.63) is 23.8 Å². The molecule has 0 heterocycles. The molecule has 2 unspecified atom stereocenters. The topological polar surface area (TPSA) is 76.0 Å². The van der Waals surface area contributed by atoms with Crippen LogP contribution in [0.5, 0.6) is 11.5 Å². The summed E-state index contributed by atoms with van der Waals surface area (Å²) in [6.07, 6.45) is -1.75. The zero-order chi connectivity index (χ0) is 15.1. The van der Waals surface area contributed by atoms with Gasteiger partial charge in [-0.15, -0.1) is 0 Å². The van der Waals surface area contributed by atoms with Crippen LogP contribution in [-0.4, -0.2) is 41.4 Å². The molecule has 2 N–H and O–H groups in total. The molecule has 1 rings (SSSR count). The Balaban J connectivity index is 2.78. The van der Waals surface area contributed by atoms with E-state index in [0.29, 0.717) is 29.2 Å². The molecule has 0 saturated carbocycles. The summed E-state index contributed by atoms with van der Waals surface area (Å²) < 4.78 is 10.3. The number of thioether (sulfide) groups is 1. The van der Waals surface area contributed by atoms with Gasteiger partial charge in [-0.25, -0.2) is 0 Å². The lowest BCUT2D eigenvalue weighted by atomic mass is 10.0. The van der Waals surface area contributed by atoms with Crippen molar-refractivity contribution in [2.75, 3.05) is 20.0 Å². The van der Waals surface area contributed by atoms with Crippen molar-refractivity contribution < 1.29 is 24.5 Å². The second-order valence-electron chi connectivity index (χ2n) is 4.25. The van der Waals surface area contributed by atoms with Crippen LogP contribution in [0.1, 0.15) is 25.0 Å². The Bertz CT molecular complexity index is 449. The number of carbonyl (C=O) groups excluding carboxylic acids is 1. The average Bonchev–Trinajstić information content (AvgIpc) is 2.45. The van der Waals surface area contributed by atoms with Gasteiger partial charge in [-0.2, -0.15) is 0 Å². The highest BCUT2D eigenvalue weighted by Crippen LogP contribution is 2.32. The van der Waals surface area contributed by atoms with Gasteiger partial charge in [0.2, 0.25) is 0 Å². The van der Waals surface area contributed by atoms with Crippen LogP contribution >= 0.6 is 11.8 Å². The van der Waals surface area contributed by atoms with Gasteiger partial charge >= 0.3 is 0 Å². The summed E-state index contributed by atoms with van der Waals surface area (Å²) in [5, 5.41) is 20.2. The van der Waals surface area contributed by atoms with Crippen LogP contribution in [0.2, 0.25) is 0 Å². The van der Waals surface area contributed by atoms with E-state index in [0.717, 1.165) is 11.8 Å². The Morgan fingerprint density at radius 1 is 1.30 bits per heavy atom. The molecule has 0 fully saturated rings. The summed E-state index contributed by atoms with van der Waals surface area (Å²) in [4.78, 5) is 10.8. The summed E-state index contributed by atoms with van der Waals surface area (Å²) in [5.41, 5.74) is 0.465. The number of hydrogen-bond donors (Lipinski definition) is 2. The summed E-state index contributed by atoms with van der Waals surface area (Å²) in [5.74, 6) is 1.52. The van der Waals surface area contributed by atoms with Gasteiger partial charge in [0.1, 0.15) is 17.6 Å². The molecule has 0 saturated heterocycles. The summed E-state index contributed by atoms with van der Waals surface area (Å²) >= 11 is 1.12. The molecule has 0 aliphatic rings. The molecular weight excluding hydrogens is 280 g/mol. The van der Waals surface area contributed by atoms with Gasteiger partial charge < -0.3 is 19.7 Å². The third-order valence-electron chi connectivity index (χ3n) is 2.84. The van der Waals surface area contributed by atoms with Crippen LogP contribution in [-0.2, 0) is 4.79 Å². The SMILES string of the molecule is COc1ccc(OC)c(C(O)C(O)CCSC(C)=O)c1. The molecule has 0 amide bonds. The monoisotopic (exact) mass is 300 g/mol. The molecule has 5 nitrogen and oxygen atoms in total. The van der Waals surface area contributed by atoms with Crippen LogP contribution in [0, 0.1) is 0 Å². The van der Waals surface area contributed by atoms with Gasteiger partial charge in [-0.3, -0.25) is 4.79 Å². The number of carbonyl (C=O) groups is 1.